The maximum absolute atomic E-state index is 12.2. The summed E-state index contributed by atoms with van der Waals surface area (Å²) < 4.78 is 5.24. The van der Waals surface area contributed by atoms with Crippen molar-refractivity contribution in [1.29, 1.82) is 0 Å². The van der Waals surface area contributed by atoms with Gasteiger partial charge in [-0.1, -0.05) is 6.07 Å². The maximum atomic E-state index is 12.2. The third-order valence-electron chi connectivity index (χ3n) is 2.85. The lowest BCUT2D eigenvalue weighted by Gasteiger charge is -2.28. The predicted molar refractivity (Wildman–Crippen MR) is 72.6 cm³/mol. The zero-order chi connectivity index (χ0) is 14.7. The molecular weight excluding hydrogens is 258 g/mol. The Kier molecular flexibility index (Phi) is 4.02. The van der Waals surface area contributed by atoms with Crippen LogP contribution >= 0.6 is 0 Å². The summed E-state index contributed by atoms with van der Waals surface area (Å²) in [6, 6.07) is 2.66. The summed E-state index contributed by atoms with van der Waals surface area (Å²) in [6.45, 7) is 5.24. The van der Waals surface area contributed by atoms with Crippen LogP contribution in [0.3, 0.4) is 0 Å². The molecule has 6 heteroatoms. The van der Waals surface area contributed by atoms with E-state index in [1.165, 1.54) is 0 Å². The Morgan fingerprint density at radius 3 is 2.80 bits per heavy atom. The van der Waals surface area contributed by atoms with E-state index in [0.717, 1.165) is 5.56 Å². The van der Waals surface area contributed by atoms with Crippen LogP contribution in [-0.2, 0) is 9.53 Å². The fourth-order valence-electron chi connectivity index (χ4n) is 2.04. The van der Waals surface area contributed by atoms with Crippen LogP contribution in [0.5, 0.6) is 0 Å². The molecule has 1 aliphatic heterocycles. The fraction of sp³-hybridized carbons (Fsp3) is 0.357. The van der Waals surface area contributed by atoms with Crippen LogP contribution in [0.15, 0.2) is 35.8 Å². The quantitative estimate of drug-likeness (QED) is 0.822. The number of amides is 2. The van der Waals surface area contributed by atoms with Crippen molar-refractivity contribution < 1.29 is 14.3 Å². The van der Waals surface area contributed by atoms with Gasteiger partial charge in [0.25, 0.3) is 0 Å². The molecule has 1 aromatic heterocycles. The number of carbonyl (C=O) groups is 2. The van der Waals surface area contributed by atoms with Crippen molar-refractivity contribution in [3.8, 4) is 0 Å². The van der Waals surface area contributed by atoms with Gasteiger partial charge in [-0.2, -0.15) is 0 Å². The van der Waals surface area contributed by atoms with E-state index in [-0.39, 0.29) is 12.1 Å². The molecule has 1 aliphatic rings. The smallest absolute Gasteiger partial charge is 0.338 e. The third kappa shape index (κ3) is 2.96. The number of urea groups is 1. The van der Waals surface area contributed by atoms with Gasteiger partial charge in [0.1, 0.15) is 0 Å². The molecule has 0 spiro atoms. The van der Waals surface area contributed by atoms with Gasteiger partial charge in [-0.05, 0) is 32.4 Å². The Balaban J connectivity index is 2.39. The van der Waals surface area contributed by atoms with Crippen LogP contribution in [-0.4, -0.2) is 23.1 Å². The second-order valence-corrected chi connectivity index (χ2v) is 4.81. The number of hydrogen-bond acceptors (Lipinski definition) is 4. The molecular formula is C14H17N3O3. The van der Waals surface area contributed by atoms with Crippen molar-refractivity contribution in [3.63, 3.8) is 0 Å². The van der Waals surface area contributed by atoms with Crippen LogP contribution in [0, 0.1) is 0 Å². The number of allylic oxidation sites excluding steroid dienone is 1. The van der Waals surface area contributed by atoms with Crippen molar-refractivity contribution in [2.24, 2.45) is 0 Å². The van der Waals surface area contributed by atoms with Crippen LogP contribution in [0.4, 0.5) is 4.79 Å². The molecule has 0 aliphatic carbocycles. The Morgan fingerprint density at radius 2 is 2.20 bits per heavy atom. The molecule has 0 saturated carbocycles. The van der Waals surface area contributed by atoms with Crippen molar-refractivity contribution in [3.05, 3.63) is 41.4 Å². The molecule has 0 fully saturated rings. The fourth-order valence-corrected chi connectivity index (χ4v) is 2.04. The lowest BCUT2D eigenvalue weighted by Crippen LogP contribution is -2.45. The second kappa shape index (κ2) is 5.73. The van der Waals surface area contributed by atoms with Crippen molar-refractivity contribution in [1.82, 2.24) is 15.6 Å². The number of aromatic nitrogens is 1. The molecule has 0 radical (unpaired) electrons. The summed E-state index contributed by atoms with van der Waals surface area (Å²) in [5.41, 5.74) is 1.62. The summed E-state index contributed by atoms with van der Waals surface area (Å²) in [5, 5.41) is 5.31. The van der Waals surface area contributed by atoms with E-state index < -0.39 is 12.0 Å². The first kappa shape index (κ1) is 14.0. The Labute approximate surface area is 117 Å². The minimum Gasteiger partial charge on any atom is -0.459 e. The standard InChI is InChI=1S/C14H17N3O3/c1-8(2)20-13(18)11-9(3)16-14(19)17-12(11)10-5-4-6-15-7-10/h4-8,12H,1-3H3,(H2,16,17,19). The molecule has 2 rings (SSSR count). The Bertz CT molecular complexity index is 552. The third-order valence-corrected chi connectivity index (χ3v) is 2.85. The van der Waals surface area contributed by atoms with Crippen LogP contribution < -0.4 is 10.6 Å². The van der Waals surface area contributed by atoms with E-state index in [2.05, 4.69) is 15.6 Å². The summed E-state index contributed by atoms with van der Waals surface area (Å²) in [4.78, 5) is 27.9. The lowest BCUT2D eigenvalue weighted by molar-refractivity contribution is -0.143. The van der Waals surface area contributed by atoms with Gasteiger partial charge in [-0.15, -0.1) is 0 Å². The predicted octanol–water partition coefficient (Wildman–Crippen LogP) is 1.66. The summed E-state index contributed by atoms with van der Waals surface area (Å²) in [5.74, 6) is -0.446. The molecule has 0 aromatic carbocycles. The lowest BCUT2D eigenvalue weighted by atomic mass is 9.97. The van der Waals surface area contributed by atoms with Crippen LogP contribution in [0.2, 0.25) is 0 Å². The molecule has 106 valence electrons. The highest BCUT2D eigenvalue weighted by Crippen LogP contribution is 2.27. The first-order chi connectivity index (χ1) is 9.49. The van der Waals surface area contributed by atoms with E-state index in [1.807, 2.05) is 0 Å². The molecule has 20 heavy (non-hydrogen) atoms. The Hall–Kier alpha value is -2.37. The number of rotatable bonds is 3. The molecule has 2 heterocycles. The number of esters is 1. The van der Waals surface area contributed by atoms with Gasteiger partial charge in [-0.3, -0.25) is 4.98 Å². The highest BCUT2D eigenvalue weighted by molar-refractivity contribution is 5.95. The van der Waals surface area contributed by atoms with Crippen molar-refractivity contribution in [2.45, 2.75) is 32.9 Å². The van der Waals surface area contributed by atoms with Gasteiger partial charge in [-0.25, -0.2) is 9.59 Å². The van der Waals surface area contributed by atoms with Gasteiger partial charge in [0, 0.05) is 18.1 Å². The average molecular weight is 275 g/mol. The molecule has 1 unspecified atom stereocenters. The highest BCUT2D eigenvalue weighted by atomic mass is 16.5. The summed E-state index contributed by atoms with van der Waals surface area (Å²) in [7, 11) is 0. The second-order valence-electron chi connectivity index (χ2n) is 4.81. The number of hydrogen-bond donors (Lipinski definition) is 2. The van der Waals surface area contributed by atoms with E-state index in [1.54, 1.807) is 45.3 Å². The van der Waals surface area contributed by atoms with E-state index in [9.17, 15) is 9.59 Å². The van der Waals surface area contributed by atoms with Crippen molar-refractivity contribution >= 4 is 12.0 Å². The van der Waals surface area contributed by atoms with E-state index in [0.29, 0.717) is 11.3 Å². The number of nitrogens with one attached hydrogen (secondary N) is 2. The molecule has 2 N–H and O–H groups in total. The number of nitrogens with zero attached hydrogens (tertiary/aromatic N) is 1. The minimum atomic E-state index is -0.552. The highest BCUT2D eigenvalue weighted by Gasteiger charge is 2.32. The van der Waals surface area contributed by atoms with E-state index in [4.69, 9.17) is 4.74 Å². The van der Waals surface area contributed by atoms with Gasteiger partial charge >= 0.3 is 12.0 Å². The molecule has 0 saturated heterocycles. The molecule has 0 bridgehead atoms. The topological polar surface area (TPSA) is 80.3 Å². The molecule has 2 amide bonds. The van der Waals surface area contributed by atoms with Crippen LogP contribution in [0.25, 0.3) is 0 Å². The first-order valence-electron chi connectivity index (χ1n) is 6.38. The molecule has 1 aromatic rings. The number of ether oxygens (including phenoxy) is 1. The zero-order valence-corrected chi connectivity index (χ0v) is 11.6. The minimum absolute atomic E-state index is 0.227. The van der Waals surface area contributed by atoms with Crippen molar-refractivity contribution in [2.75, 3.05) is 0 Å². The summed E-state index contributed by atoms with van der Waals surface area (Å²) >= 11 is 0. The van der Waals surface area contributed by atoms with E-state index >= 15 is 0 Å². The first-order valence-corrected chi connectivity index (χ1v) is 6.38. The SMILES string of the molecule is CC1=C(C(=O)OC(C)C)C(c2cccnc2)NC(=O)N1. The van der Waals surface area contributed by atoms with Gasteiger partial charge in [0.05, 0.1) is 17.7 Å². The molecule has 6 nitrogen and oxygen atoms in total. The number of pyridine rings is 1. The van der Waals surface area contributed by atoms with Gasteiger partial charge < -0.3 is 15.4 Å². The zero-order valence-electron chi connectivity index (χ0n) is 11.6. The molecule has 1 atom stereocenters. The van der Waals surface area contributed by atoms with Gasteiger partial charge in [0.2, 0.25) is 0 Å². The monoisotopic (exact) mass is 275 g/mol. The number of carbonyl (C=O) groups excluding carboxylic acids is 2. The maximum Gasteiger partial charge on any atom is 0.338 e. The summed E-state index contributed by atoms with van der Waals surface area (Å²) in [6.07, 6.45) is 3.02. The average Bonchev–Trinajstić information content (AvgIpc) is 2.37. The Morgan fingerprint density at radius 1 is 1.45 bits per heavy atom. The van der Waals surface area contributed by atoms with Gasteiger partial charge in [0.15, 0.2) is 0 Å². The van der Waals surface area contributed by atoms with Crippen LogP contribution in [0.1, 0.15) is 32.4 Å². The normalized spacial score (nSPS) is 18.6. The largest absolute Gasteiger partial charge is 0.459 e.